The van der Waals surface area contributed by atoms with Crippen LogP contribution in [0.4, 0.5) is 0 Å². The summed E-state index contributed by atoms with van der Waals surface area (Å²) in [5.41, 5.74) is 3.73. The molecule has 4 aliphatic carbocycles. The lowest BCUT2D eigenvalue weighted by Gasteiger charge is -2.56. The van der Waals surface area contributed by atoms with Crippen LogP contribution < -0.4 is 4.74 Å². The molecule has 0 aliphatic heterocycles. The zero-order chi connectivity index (χ0) is 28.7. The van der Waals surface area contributed by atoms with Crippen LogP contribution in [-0.4, -0.2) is 41.1 Å². The predicted octanol–water partition coefficient (Wildman–Crippen LogP) is 8.29. The fourth-order valence-corrected chi connectivity index (χ4v) is 10.1. The summed E-state index contributed by atoms with van der Waals surface area (Å²) in [4.78, 5) is 14.8. The number of nitrogens with zero attached hydrogens (tertiary/aromatic N) is 1. The molecule has 222 valence electrons. The van der Waals surface area contributed by atoms with Gasteiger partial charge in [0.15, 0.2) is 0 Å². The van der Waals surface area contributed by atoms with E-state index < -0.39 is 5.60 Å². The van der Waals surface area contributed by atoms with Crippen molar-refractivity contribution in [3.8, 4) is 5.75 Å². The number of hydrogen-bond acceptors (Lipinski definition) is 4. The number of carbonyl (C=O) groups is 1. The summed E-state index contributed by atoms with van der Waals surface area (Å²) in [6, 6.07) is 9.75. The molecule has 0 amide bonds. The molecule has 2 fully saturated rings. The van der Waals surface area contributed by atoms with Crippen molar-refractivity contribution in [1.29, 1.82) is 0 Å². The molecule has 0 spiro atoms. The third-order valence-corrected chi connectivity index (χ3v) is 12.2. The van der Waals surface area contributed by atoms with E-state index in [0.717, 1.165) is 63.5 Å². The first-order chi connectivity index (χ1) is 19.2. The molecule has 0 saturated heterocycles. The van der Waals surface area contributed by atoms with E-state index in [2.05, 4.69) is 70.8 Å². The molecule has 4 unspecified atom stereocenters. The molecule has 4 heteroatoms. The smallest absolute Gasteiger partial charge is 0.137 e. The van der Waals surface area contributed by atoms with E-state index >= 15 is 0 Å². The molecule has 0 radical (unpaired) electrons. The van der Waals surface area contributed by atoms with Gasteiger partial charge in [-0.1, -0.05) is 51.0 Å². The Bertz CT molecular complexity index is 1090. The fraction of sp³-hybridized carbons (Fsp3) is 0.750. The Labute approximate surface area is 243 Å². The quantitative estimate of drug-likeness (QED) is 0.298. The van der Waals surface area contributed by atoms with Gasteiger partial charge in [-0.3, -0.25) is 9.69 Å². The molecule has 40 heavy (non-hydrogen) atoms. The van der Waals surface area contributed by atoms with Crippen molar-refractivity contribution in [1.82, 2.24) is 4.90 Å². The first kappa shape index (κ1) is 29.8. The molecule has 0 heterocycles. The van der Waals surface area contributed by atoms with E-state index in [9.17, 15) is 9.90 Å². The van der Waals surface area contributed by atoms with Crippen LogP contribution in [0.5, 0.6) is 5.75 Å². The Morgan fingerprint density at radius 1 is 1.10 bits per heavy atom. The first-order valence-corrected chi connectivity index (χ1v) is 16.5. The highest BCUT2D eigenvalue weighted by atomic mass is 16.5. The standard InChI is InChI=1S/C36H55NO3/c1-7-27(8-2)37(6)33(9-3)25-11-10-12-29(23-25)40-20-19-36-18-15-31-30-14-13-28(38)22-26(30)21-24(4)34(31)32(36)16-17-35(36,5)39/h10-12,23-24,27,31-34,39H,7-9,13-22H2,1-6H3/t24-,31?,32?,33?,34?,35+,36-/m1/s1. The van der Waals surface area contributed by atoms with Gasteiger partial charge in [-0.15, -0.1) is 0 Å². The van der Waals surface area contributed by atoms with Crippen LogP contribution in [0.15, 0.2) is 35.4 Å². The SMILES string of the molecule is CCC(CC)N(C)C(CC)c1cccc(OCC[C@]23CCC4C5=C(CC(=O)CC5)C[C@@H](C)C4C2CC[C@]3(C)O)c1. The molecule has 0 aromatic heterocycles. The highest BCUT2D eigenvalue weighted by Crippen LogP contribution is 2.66. The van der Waals surface area contributed by atoms with Gasteiger partial charge < -0.3 is 9.84 Å². The first-order valence-electron chi connectivity index (χ1n) is 16.5. The van der Waals surface area contributed by atoms with Crippen LogP contribution in [0.2, 0.25) is 0 Å². The maximum atomic E-state index is 12.2. The van der Waals surface area contributed by atoms with Gasteiger partial charge in [-0.2, -0.15) is 0 Å². The number of carbonyl (C=O) groups excluding carboxylic acids is 1. The van der Waals surface area contributed by atoms with Crippen LogP contribution in [0, 0.1) is 29.1 Å². The maximum Gasteiger partial charge on any atom is 0.137 e. The molecule has 0 bridgehead atoms. The van der Waals surface area contributed by atoms with Crippen molar-refractivity contribution >= 4 is 5.78 Å². The summed E-state index contributed by atoms with van der Waals surface area (Å²) in [7, 11) is 2.27. The van der Waals surface area contributed by atoms with Gasteiger partial charge in [0, 0.05) is 30.3 Å². The summed E-state index contributed by atoms with van der Waals surface area (Å²) in [5.74, 6) is 3.77. The van der Waals surface area contributed by atoms with Gasteiger partial charge in [-0.05, 0) is 120 Å². The van der Waals surface area contributed by atoms with Gasteiger partial charge in [0.1, 0.15) is 11.5 Å². The minimum Gasteiger partial charge on any atom is -0.494 e. The van der Waals surface area contributed by atoms with Crippen molar-refractivity contribution in [2.75, 3.05) is 13.7 Å². The number of aliphatic hydroxyl groups is 1. The van der Waals surface area contributed by atoms with Crippen LogP contribution in [0.1, 0.15) is 123 Å². The van der Waals surface area contributed by atoms with Crippen LogP contribution in [0.3, 0.4) is 0 Å². The van der Waals surface area contributed by atoms with E-state index in [-0.39, 0.29) is 5.41 Å². The number of benzene rings is 1. The Kier molecular flexibility index (Phi) is 8.89. The summed E-state index contributed by atoms with van der Waals surface area (Å²) < 4.78 is 6.52. The molecule has 4 aliphatic rings. The number of fused-ring (bicyclic) bond motifs is 4. The molecule has 5 rings (SSSR count). The minimum absolute atomic E-state index is 0.0791. The van der Waals surface area contributed by atoms with Gasteiger partial charge in [0.2, 0.25) is 0 Å². The molecule has 1 aromatic carbocycles. The summed E-state index contributed by atoms with van der Waals surface area (Å²) in [6.07, 6.45) is 12.1. The van der Waals surface area contributed by atoms with Crippen LogP contribution in [-0.2, 0) is 4.79 Å². The number of ketones is 1. The topological polar surface area (TPSA) is 49.8 Å². The number of rotatable bonds is 10. The number of allylic oxidation sites excluding steroid dienone is 2. The highest BCUT2D eigenvalue weighted by molar-refractivity contribution is 5.82. The Hall–Kier alpha value is -1.65. The van der Waals surface area contributed by atoms with Gasteiger partial charge in [0.05, 0.1) is 12.2 Å². The second-order valence-electron chi connectivity index (χ2n) is 14.1. The minimum atomic E-state index is -0.643. The Morgan fingerprint density at radius 3 is 2.60 bits per heavy atom. The molecule has 1 N–H and O–H groups in total. The van der Waals surface area contributed by atoms with Crippen molar-refractivity contribution in [2.45, 2.75) is 129 Å². The van der Waals surface area contributed by atoms with Crippen molar-refractivity contribution in [3.05, 3.63) is 41.0 Å². The number of hydrogen-bond donors (Lipinski definition) is 1. The van der Waals surface area contributed by atoms with E-state index in [1.807, 2.05) is 0 Å². The lowest BCUT2D eigenvalue weighted by molar-refractivity contribution is -0.125. The number of ether oxygens (including phenoxy) is 1. The van der Waals surface area contributed by atoms with Gasteiger partial charge in [0.25, 0.3) is 0 Å². The molecule has 1 aromatic rings. The molecule has 2 saturated carbocycles. The Morgan fingerprint density at radius 2 is 1.88 bits per heavy atom. The average Bonchev–Trinajstić information content (AvgIpc) is 3.20. The Balaban J connectivity index is 1.31. The number of Topliss-reactive ketones (excluding diaryl/α,β-unsaturated/α-hetero) is 1. The van der Waals surface area contributed by atoms with E-state index in [1.54, 1.807) is 5.57 Å². The molecule has 4 nitrogen and oxygen atoms in total. The van der Waals surface area contributed by atoms with Crippen molar-refractivity contribution in [3.63, 3.8) is 0 Å². The monoisotopic (exact) mass is 549 g/mol. The normalized spacial score (nSPS) is 34.6. The second kappa shape index (κ2) is 11.9. The van der Waals surface area contributed by atoms with E-state index in [1.165, 1.54) is 24.0 Å². The largest absolute Gasteiger partial charge is 0.494 e. The fourth-order valence-electron chi connectivity index (χ4n) is 10.1. The lowest BCUT2D eigenvalue weighted by Crippen LogP contribution is -2.54. The van der Waals surface area contributed by atoms with E-state index in [0.29, 0.717) is 54.6 Å². The third-order valence-electron chi connectivity index (χ3n) is 12.2. The zero-order valence-electron chi connectivity index (χ0n) is 26.2. The molecule has 7 atom stereocenters. The molecular formula is C36H55NO3. The summed E-state index contributed by atoms with van der Waals surface area (Å²) >= 11 is 0. The lowest BCUT2D eigenvalue weighted by atomic mass is 9.49. The third kappa shape index (κ3) is 5.21. The van der Waals surface area contributed by atoms with Crippen LogP contribution in [0.25, 0.3) is 0 Å². The van der Waals surface area contributed by atoms with Crippen molar-refractivity contribution < 1.29 is 14.6 Å². The molecular weight excluding hydrogens is 494 g/mol. The van der Waals surface area contributed by atoms with Gasteiger partial charge >= 0.3 is 0 Å². The van der Waals surface area contributed by atoms with Gasteiger partial charge in [-0.25, -0.2) is 0 Å². The summed E-state index contributed by atoms with van der Waals surface area (Å²) in [6.45, 7) is 12.1. The van der Waals surface area contributed by atoms with E-state index in [4.69, 9.17) is 4.74 Å². The highest BCUT2D eigenvalue weighted by Gasteiger charge is 2.63. The second-order valence-corrected chi connectivity index (χ2v) is 14.1. The van der Waals surface area contributed by atoms with Crippen molar-refractivity contribution in [2.24, 2.45) is 29.1 Å². The van der Waals surface area contributed by atoms with Crippen LogP contribution >= 0.6 is 0 Å². The summed E-state index contributed by atoms with van der Waals surface area (Å²) in [5, 5.41) is 11.9. The predicted molar refractivity (Wildman–Crippen MR) is 163 cm³/mol. The zero-order valence-corrected chi connectivity index (χ0v) is 26.2. The average molecular weight is 550 g/mol. The maximum absolute atomic E-state index is 12.2.